The van der Waals surface area contributed by atoms with E-state index in [1.165, 1.54) is 0 Å². The molecule has 0 spiro atoms. The maximum Gasteiger partial charge on any atom is 0.220 e. The fourth-order valence-corrected chi connectivity index (χ4v) is 4.46. The molecule has 1 saturated heterocycles. The van der Waals surface area contributed by atoms with E-state index < -0.39 is 0 Å². The number of H-pyrrole nitrogens is 1. The Morgan fingerprint density at radius 3 is 2.58 bits per heavy atom. The van der Waals surface area contributed by atoms with Crippen LogP contribution in [-0.4, -0.2) is 21.9 Å². The number of aromatic amines is 1. The Morgan fingerprint density at radius 1 is 1.13 bits per heavy atom. The molecule has 4 atom stereocenters. The van der Waals surface area contributed by atoms with Crippen molar-refractivity contribution in [1.82, 2.24) is 26.1 Å². The Hall–Kier alpha value is -2.41. The second-order valence-corrected chi connectivity index (χ2v) is 9.30. The third-order valence-electron chi connectivity index (χ3n) is 5.97. The summed E-state index contributed by atoms with van der Waals surface area (Å²) in [6.45, 7) is 6.42. The van der Waals surface area contributed by atoms with Crippen LogP contribution in [0, 0.1) is 11.8 Å². The van der Waals surface area contributed by atoms with Gasteiger partial charge in [0.25, 0.3) is 0 Å². The van der Waals surface area contributed by atoms with Gasteiger partial charge in [-0.1, -0.05) is 49.7 Å². The number of hydrogen-bond acceptors (Lipinski definition) is 4. The number of hydrazine groups is 1. The van der Waals surface area contributed by atoms with Gasteiger partial charge in [-0.3, -0.25) is 10.2 Å². The molecule has 6 nitrogen and oxygen atoms in total. The number of halogens is 1. The van der Waals surface area contributed by atoms with E-state index in [0.29, 0.717) is 17.4 Å². The number of nitrogens with one attached hydrogen (secondary N) is 4. The van der Waals surface area contributed by atoms with Crippen LogP contribution in [0.2, 0.25) is 5.02 Å². The van der Waals surface area contributed by atoms with Gasteiger partial charge in [0.05, 0.1) is 23.1 Å². The van der Waals surface area contributed by atoms with Crippen LogP contribution in [0.5, 0.6) is 0 Å². The van der Waals surface area contributed by atoms with Crippen LogP contribution in [-0.2, 0) is 4.79 Å². The second-order valence-electron chi connectivity index (χ2n) is 8.86. The first-order chi connectivity index (χ1) is 14.9. The standard InChI is InChI=1S/C24H30ClN5O/c1-14(2)12-21(24-27-19-6-4-5-7-20(19)28-24)26-22(31)13-18-15(3)29-30-23(18)16-8-10-17(25)11-9-16/h4-11,14-15,18,21,23,29-30H,12-13H2,1-3H3,(H,26,31)(H,27,28)/t15?,18?,21-,23?/m0/s1. The number of amides is 1. The van der Waals surface area contributed by atoms with Crippen LogP contribution in [0.1, 0.15) is 57.1 Å². The van der Waals surface area contributed by atoms with Gasteiger partial charge in [-0.2, -0.15) is 0 Å². The highest BCUT2D eigenvalue weighted by molar-refractivity contribution is 6.30. The number of para-hydroxylation sites is 2. The minimum absolute atomic E-state index is 0.0346. The first kappa shape index (κ1) is 21.8. The summed E-state index contributed by atoms with van der Waals surface area (Å²) in [4.78, 5) is 21.2. The molecular formula is C24H30ClN5O. The average molecular weight is 440 g/mol. The largest absolute Gasteiger partial charge is 0.346 e. The lowest BCUT2D eigenvalue weighted by Crippen LogP contribution is -2.34. The average Bonchev–Trinajstić information content (AvgIpc) is 3.32. The smallest absolute Gasteiger partial charge is 0.220 e. The molecule has 0 saturated carbocycles. The molecule has 0 bridgehead atoms. The van der Waals surface area contributed by atoms with Crippen LogP contribution < -0.4 is 16.2 Å². The Bertz CT molecular complexity index is 999. The number of nitrogens with zero attached hydrogens (tertiary/aromatic N) is 1. The monoisotopic (exact) mass is 439 g/mol. The van der Waals surface area contributed by atoms with Crippen molar-refractivity contribution in [2.45, 2.75) is 51.7 Å². The molecule has 1 fully saturated rings. The van der Waals surface area contributed by atoms with Crippen molar-refractivity contribution in [3.63, 3.8) is 0 Å². The van der Waals surface area contributed by atoms with E-state index >= 15 is 0 Å². The van der Waals surface area contributed by atoms with E-state index in [1.807, 2.05) is 48.5 Å². The Balaban J connectivity index is 1.49. The topological polar surface area (TPSA) is 81.8 Å². The molecule has 7 heteroatoms. The summed E-state index contributed by atoms with van der Waals surface area (Å²) >= 11 is 6.04. The summed E-state index contributed by atoms with van der Waals surface area (Å²) in [6, 6.07) is 15.8. The SMILES string of the molecule is CC(C)C[C@H](NC(=O)CC1C(C)NNC1c1ccc(Cl)cc1)c1nc2ccccc2[nH]1. The summed E-state index contributed by atoms with van der Waals surface area (Å²) in [6.07, 6.45) is 1.24. The highest BCUT2D eigenvalue weighted by Gasteiger charge is 2.36. The van der Waals surface area contributed by atoms with E-state index in [9.17, 15) is 4.79 Å². The van der Waals surface area contributed by atoms with Gasteiger partial charge in [0.15, 0.2) is 0 Å². The number of hydrogen-bond donors (Lipinski definition) is 4. The molecular weight excluding hydrogens is 410 g/mol. The van der Waals surface area contributed by atoms with Crippen molar-refractivity contribution in [3.8, 4) is 0 Å². The van der Waals surface area contributed by atoms with Crippen LogP contribution in [0.15, 0.2) is 48.5 Å². The van der Waals surface area contributed by atoms with E-state index in [-0.39, 0.29) is 30.0 Å². The van der Waals surface area contributed by atoms with Gasteiger partial charge in [-0.05, 0) is 49.1 Å². The number of imidazole rings is 1. The highest BCUT2D eigenvalue weighted by Crippen LogP contribution is 2.32. The number of benzene rings is 2. The molecule has 1 aliphatic heterocycles. The fraction of sp³-hybridized carbons (Fsp3) is 0.417. The van der Waals surface area contributed by atoms with Gasteiger partial charge in [-0.15, -0.1) is 0 Å². The zero-order valence-corrected chi connectivity index (χ0v) is 18.9. The minimum Gasteiger partial charge on any atom is -0.346 e. The van der Waals surface area contributed by atoms with Crippen molar-refractivity contribution in [3.05, 3.63) is 64.9 Å². The molecule has 1 aromatic heterocycles. The quantitative estimate of drug-likeness (QED) is 0.431. The van der Waals surface area contributed by atoms with Crippen LogP contribution in [0.3, 0.4) is 0 Å². The first-order valence-electron chi connectivity index (χ1n) is 10.9. The predicted octanol–water partition coefficient (Wildman–Crippen LogP) is 4.66. The molecule has 3 unspecified atom stereocenters. The van der Waals surface area contributed by atoms with Crippen LogP contribution in [0.25, 0.3) is 11.0 Å². The van der Waals surface area contributed by atoms with Gasteiger partial charge in [0.1, 0.15) is 5.82 Å². The van der Waals surface area contributed by atoms with Crippen molar-refractivity contribution < 1.29 is 4.79 Å². The van der Waals surface area contributed by atoms with Gasteiger partial charge in [0.2, 0.25) is 5.91 Å². The molecule has 1 amide bonds. The molecule has 2 heterocycles. The highest BCUT2D eigenvalue weighted by atomic mass is 35.5. The lowest BCUT2D eigenvalue weighted by atomic mass is 9.87. The van der Waals surface area contributed by atoms with E-state index in [0.717, 1.165) is 28.8 Å². The molecule has 2 aromatic carbocycles. The first-order valence-corrected chi connectivity index (χ1v) is 11.3. The van der Waals surface area contributed by atoms with Crippen molar-refractivity contribution in [2.24, 2.45) is 11.8 Å². The summed E-state index contributed by atoms with van der Waals surface area (Å²) in [5.74, 6) is 1.39. The molecule has 3 aromatic rings. The van der Waals surface area contributed by atoms with E-state index in [4.69, 9.17) is 16.6 Å². The number of rotatable bonds is 7. The molecule has 4 rings (SSSR count). The fourth-order valence-electron chi connectivity index (χ4n) is 4.33. The van der Waals surface area contributed by atoms with Gasteiger partial charge in [-0.25, -0.2) is 10.4 Å². The van der Waals surface area contributed by atoms with Crippen molar-refractivity contribution >= 4 is 28.5 Å². The van der Waals surface area contributed by atoms with Gasteiger partial charge in [0, 0.05) is 23.4 Å². The van der Waals surface area contributed by atoms with Crippen LogP contribution in [0.4, 0.5) is 0 Å². The second kappa shape index (κ2) is 9.39. The van der Waals surface area contributed by atoms with Gasteiger partial charge >= 0.3 is 0 Å². The summed E-state index contributed by atoms with van der Waals surface area (Å²) < 4.78 is 0. The number of fused-ring (bicyclic) bond motifs is 1. The Labute approximate surface area is 188 Å². The molecule has 0 radical (unpaired) electrons. The zero-order valence-electron chi connectivity index (χ0n) is 18.2. The zero-order chi connectivity index (χ0) is 22.0. The molecule has 0 aliphatic carbocycles. The predicted molar refractivity (Wildman–Crippen MR) is 124 cm³/mol. The third kappa shape index (κ3) is 5.09. The normalized spacial score (nSPS) is 22.2. The number of carbonyl (C=O) groups is 1. The van der Waals surface area contributed by atoms with Crippen molar-refractivity contribution in [1.29, 1.82) is 0 Å². The summed E-state index contributed by atoms with van der Waals surface area (Å²) in [5, 5.41) is 3.95. The minimum atomic E-state index is -0.147. The maximum atomic E-state index is 13.1. The van der Waals surface area contributed by atoms with Crippen molar-refractivity contribution in [2.75, 3.05) is 0 Å². The van der Waals surface area contributed by atoms with Crippen LogP contribution >= 0.6 is 11.6 Å². The lowest BCUT2D eigenvalue weighted by Gasteiger charge is -2.23. The maximum absolute atomic E-state index is 13.1. The summed E-state index contributed by atoms with van der Waals surface area (Å²) in [5.41, 5.74) is 9.66. The molecule has 1 aliphatic rings. The Kier molecular flexibility index (Phi) is 6.60. The third-order valence-corrected chi connectivity index (χ3v) is 6.22. The molecule has 31 heavy (non-hydrogen) atoms. The lowest BCUT2D eigenvalue weighted by molar-refractivity contribution is -0.123. The van der Waals surface area contributed by atoms with Gasteiger partial charge < -0.3 is 10.3 Å². The molecule has 4 N–H and O–H groups in total. The number of aromatic nitrogens is 2. The Morgan fingerprint density at radius 2 is 1.87 bits per heavy atom. The molecule has 164 valence electrons. The summed E-state index contributed by atoms with van der Waals surface area (Å²) in [7, 11) is 0. The van der Waals surface area contributed by atoms with E-state index in [1.54, 1.807) is 0 Å². The van der Waals surface area contributed by atoms with E-state index in [2.05, 4.69) is 41.9 Å². The number of carbonyl (C=O) groups excluding carboxylic acids is 1.